The third kappa shape index (κ3) is 4.98. The Morgan fingerprint density at radius 1 is 1.04 bits per heavy atom. The Morgan fingerprint density at radius 2 is 1.85 bits per heavy atom. The smallest absolute Gasteiger partial charge is 0.411 e. The number of ether oxygens (including phenoxy) is 3. The van der Waals surface area contributed by atoms with E-state index < -0.39 is 6.09 Å². The number of nitrogens with zero attached hydrogens (tertiary/aromatic N) is 1. The highest BCUT2D eigenvalue weighted by molar-refractivity contribution is 5.85. The van der Waals surface area contributed by atoms with Crippen LogP contribution in [-0.4, -0.2) is 18.2 Å². The van der Waals surface area contributed by atoms with E-state index in [4.69, 9.17) is 9.47 Å². The van der Waals surface area contributed by atoms with Crippen LogP contribution in [-0.2, 0) is 11.3 Å². The minimum atomic E-state index is -0.509. The molecule has 1 heterocycles. The van der Waals surface area contributed by atoms with Gasteiger partial charge in [0, 0.05) is 11.9 Å². The van der Waals surface area contributed by atoms with Crippen molar-refractivity contribution in [2.45, 2.75) is 13.5 Å². The molecule has 1 N–H and O–H groups in total. The molecule has 1 amide bonds. The van der Waals surface area contributed by atoms with Gasteiger partial charge >= 0.3 is 6.09 Å². The van der Waals surface area contributed by atoms with Crippen LogP contribution < -0.4 is 14.8 Å². The Bertz CT molecular complexity index is 913. The van der Waals surface area contributed by atoms with Crippen molar-refractivity contribution in [1.29, 1.82) is 0 Å². The highest BCUT2D eigenvalue weighted by atomic mass is 16.5. The number of carbonyl (C=O) groups is 1. The molecule has 1 aromatic heterocycles. The van der Waals surface area contributed by atoms with Gasteiger partial charge in [0.2, 0.25) is 5.88 Å². The summed E-state index contributed by atoms with van der Waals surface area (Å²) in [7, 11) is 1.32. The number of methoxy groups -OCH3 is 1. The monoisotopic (exact) mass is 364 g/mol. The number of aryl methyl sites for hydroxylation is 1. The number of rotatable bonds is 6. The van der Waals surface area contributed by atoms with Gasteiger partial charge in [0.25, 0.3) is 0 Å². The van der Waals surface area contributed by atoms with Crippen LogP contribution in [0.15, 0.2) is 66.9 Å². The maximum Gasteiger partial charge on any atom is 0.411 e. The van der Waals surface area contributed by atoms with Crippen LogP contribution in [0.25, 0.3) is 0 Å². The summed E-state index contributed by atoms with van der Waals surface area (Å²) in [5.41, 5.74) is 2.37. The first kappa shape index (κ1) is 18.3. The normalized spacial score (nSPS) is 10.1. The highest BCUT2D eigenvalue weighted by Gasteiger charge is 2.09. The van der Waals surface area contributed by atoms with E-state index in [1.807, 2.05) is 55.5 Å². The number of nitrogens with one attached hydrogen (secondary N) is 1. The van der Waals surface area contributed by atoms with Crippen LogP contribution in [0, 0.1) is 6.92 Å². The second-order valence-corrected chi connectivity index (χ2v) is 5.76. The van der Waals surface area contributed by atoms with Crippen molar-refractivity contribution in [2.75, 3.05) is 12.4 Å². The van der Waals surface area contributed by atoms with Crippen LogP contribution in [0.1, 0.15) is 11.1 Å². The lowest BCUT2D eigenvalue weighted by Gasteiger charge is -2.13. The van der Waals surface area contributed by atoms with Crippen molar-refractivity contribution >= 4 is 11.8 Å². The zero-order chi connectivity index (χ0) is 19.1. The number of benzene rings is 2. The number of carbonyl (C=O) groups excluding carboxylic acids is 1. The van der Waals surface area contributed by atoms with Gasteiger partial charge in [-0.2, -0.15) is 0 Å². The Labute approximate surface area is 157 Å². The minimum Gasteiger partial charge on any atom is -0.489 e. The molecule has 3 aromatic rings. The van der Waals surface area contributed by atoms with Crippen LogP contribution in [0.2, 0.25) is 0 Å². The van der Waals surface area contributed by atoms with E-state index in [1.54, 1.807) is 18.3 Å². The first-order valence-corrected chi connectivity index (χ1v) is 8.41. The second-order valence-electron chi connectivity index (χ2n) is 5.76. The van der Waals surface area contributed by atoms with Gasteiger partial charge in [-0.25, -0.2) is 9.78 Å². The topological polar surface area (TPSA) is 69.7 Å². The summed E-state index contributed by atoms with van der Waals surface area (Å²) in [5.74, 6) is 1.90. The molecular weight excluding hydrogens is 344 g/mol. The molecule has 0 saturated heterocycles. The summed E-state index contributed by atoms with van der Waals surface area (Å²) >= 11 is 0. The third-order valence-corrected chi connectivity index (χ3v) is 3.82. The fourth-order valence-corrected chi connectivity index (χ4v) is 2.41. The highest BCUT2D eigenvalue weighted by Crippen LogP contribution is 2.26. The van der Waals surface area contributed by atoms with Crippen LogP contribution in [0.3, 0.4) is 0 Å². The molecule has 6 heteroatoms. The second kappa shape index (κ2) is 8.71. The van der Waals surface area contributed by atoms with E-state index in [0.717, 1.165) is 11.1 Å². The fraction of sp³-hybridized carbons (Fsp3) is 0.143. The van der Waals surface area contributed by atoms with Gasteiger partial charge in [-0.1, -0.05) is 18.2 Å². The van der Waals surface area contributed by atoms with Crippen LogP contribution >= 0.6 is 0 Å². The molecule has 0 saturated carbocycles. The zero-order valence-corrected chi connectivity index (χ0v) is 15.1. The van der Waals surface area contributed by atoms with Gasteiger partial charge in [0.15, 0.2) is 0 Å². The zero-order valence-electron chi connectivity index (χ0n) is 15.1. The Morgan fingerprint density at radius 3 is 2.59 bits per heavy atom. The summed E-state index contributed by atoms with van der Waals surface area (Å²) in [6, 6.07) is 18.6. The lowest BCUT2D eigenvalue weighted by Crippen LogP contribution is -2.11. The van der Waals surface area contributed by atoms with E-state index >= 15 is 0 Å². The molecule has 3 rings (SSSR count). The molecule has 0 aliphatic heterocycles. The van der Waals surface area contributed by atoms with E-state index in [1.165, 1.54) is 7.11 Å². The van der Waals surface area contributed by atoms with Crippen molar-refractivity contribution in [3.63, 3.8) is 0 Å². The van der Waals surface area contributed by atoms with Crippen molar-refractivity contribution in [1.82, 2.24) is 4.98 Å². The maximum atomic E-state index is 11.3. The molecule has 0 aliphatic rings. The average molecular weight is 364 g/mol. The van der Waals surface area contributed by atoms with Gasteiger partial charge < -0.3 is 14.2 Å². The maximum absolute atomic E-state index is 11.3. The largest absolute Gasteiger partial charge is 0.489 e. The number of hydrogen-bond donors (Lipinski definition) is 1. The number of hydrogen-bond acceptors (Lipinski definition) is 5. The minimum absolute atomic E-state index is 0.305. The first-order valence-electron chi connectivity index (χ1n) is 8.41. The van der Waals surface area contributed by atoms with Crippen molar-refractivity contribution in [2.24, 2.45) is 0 Å². The lowest BCUT2D eigenvalue weighted by atomic mass is 10.2. The molecular formula is C21H20N2O4. The molecule has 27 heavy (non-hydrogen) atoms. The number of anilines is 1. The van der Waals surface area contributed by atoms with Gasteiger partial charge in [-0.05, 0) is 55.0 Å². The van der Waals surface area contributed by atoms with Crippen LogP contribution in [0.5, 0.6) is 17.4 Å². The Balaban J connectivity index is 1.68. The Hall–Kier alpha value is -3.54. The van der Waals surface area contributed by atoms with Gasteiger partial charge in [-0.3, -0.25) is 5.32 Å². The van der Waals surface area contributed by atoms with Gasteiger partial charge in [-0.15, -0.1) is 0 Å². The predicted octanol–water partition coefficient (Wildman–Crippen LogP) is 4.94. The van der Waals surface area contributed by atoms with Gasteiger partial charge in [0.1, 0.15) is 18.1 Å². The quantitative estimate of drug-likeness (QED) is 0.671. The summed E-state index contributed by atoms with van der Waals surface area (Å²) < 4.78 is 16.3. The van der Waals surface area contributed by atoms with E-state index in [2.05, 4.69) is 15.0 Å². The van der Waals surface area contributed by atoms with Crippen molar-refractivity contribution in [3.05, 3.63) is 78.0 Å². The number of pyridine rings is 1. The van der Waals surface area contributed by atoms with Crippen molar-refractivity contribution < 1.29 is 19.0 Å². The average Bonchev–Trinajstić information content (AvgIpc) is 2.70. The molecule has 0 atom stereocenters. The standard InChI is InChI=1S/C21H20N2O4/c1-15-13-18(10-11-19(15)23-21(24)25-2)26-14-16-7-6-12-22-20(16)27-17-8-4-3-5-9-17/h3-13H,14H2,1-2H3,(H,23,24). The fourth-order valence-electron chi connectivity index (χ4n) is 2.41. The molecule has 0 fully saturated rings. The molecule has 0 bridgehead atoms. The summed E-state index contributed by atoms with van der Waals surface area (Å²) in [5, 5.41) is 2.65. The third-order valence-electron chi connectivity index (χ3n) is 3.82. The van der Waals surface area contributed by atoms with E-state index in [-0.39, 0.29) is 0 Å². The summed E-state index contributed by atoms with van der Waals surface area (Å²) in [6.45, 7) is 2.19. The van der Waals surface area contributed by atoms with Gasteiger partial charge in [0.05, 0.1) is 12.7 Å². The number of para-hydroxylation sites is 1. The molecule has 0 radical (unpaired) electrons. The molecule has 2 aromatic carbocycles. The number of amides is 1. The molecule has 0 spiro atoms. The molecule has 0 unspecified atom stereocenters. The predicted molar refractivity (Wildman–Crippen MR) is 102 cm³/mol. The molecule has 138 valence electrons. The summed E-state index contributed by atoms with van der Waals surface area (Å²) in [4.78, 5) is 15.6. The molecule has 6 nitrogen and oxygen atoms in total. The van der Waals surface area contributed by atoms with Crippen molar-refractivity contribution in [3.8, 4) is 17.4 Å². The first-order chi connectivity index (χ1) is 13.2. The Kier molecular flexibility index (Phi) is 5.89. The van der Waals surface area contributed by atoms with Crippen LogP contribution in [0.4, 0.5) is 10.5 Å². The molecule has 0 aliphatic carbocycles. The van der Waals surface area contributed by atoms with E-state index in [9.17, 15) is 4.79 Å². The lowest BCUT2D eigenvalue weighted by molar-refractivity contribution is 0.187. The summed E-state index contributed by atoms with van der Waals surface area (Å²) in [6.07, 6.45) is 1.17. The SMILES string of the molecule is COC(=O)Nc1ccc(OCc2cccnc2Oc2ccccc2)cc1C. The number of aromatic nitrogens is 1. The van der Waals surface area contributed by atoms with E-state index in [0.29, 0.717) is 29.7 Å².